The number of hydrogen-bond donors (Lipinski definition) is 0. The fourth-order valence-corrected chi connectivity index (χ4v) is 4.69. The number of carbonyl (C=O) groups excluding carboxylic acids is 2. The van der Waals surface area contributed by atoms with Crippen LogP contribution in [0.3, 0.4) is 0 Å². The van der Waals surface area contributed by atoms with Gasteiger partial charge in [-0.05, 0) is 25.5 Å². The fourth-order valence-electron chi connectivity index (χ4n) is 4.69. The van der Waals surface area contributed by atoms with Crippen LogP contribution in [0.2, 0.25) is 0 Å². The van der Waals surface area contributed by atoms with Crippen LogP contribution in [-0.2, 0) is 14.2 Å². The number of carbonyl (C=O) groups is 2. The van der Waals surface area contributed by atoms with Crippen LogP contribution >= 0.6 is 0 Å². The normalized spacial score (nSPS) is 13.5. The molecule has 37 heavy (non-hydrogen) atoms. The molecule has 2 aromatic carbocycles. The summed E-state index contributed by atoms with van der Waals surface area (Å²) in [6.07, 6.45) is 0. The van der Waals surface area contributed by atoms with E-state index >= 15 is 0 Å². The Kier molecular flexibility index (Phi) is 7.18. The number of morpholine rings is 1. The first-order valence-electron chi connectivity index (χ1n) is 12.5. The van der Waals surface area contributed by atoms with Gasteiger partial charge in [-0.3, -0.25) is 0 Å². The first kappa shape index (κ1) is 24.5. The zero-order chi connectivity index (χ0) is 25.8. The third-order valence-corrected chi connectivity index (χ3v) is 6.30. The van der Waals surface area contributed by atoms with Gasteiger partial charge in [0.05, 0.1) is 37.6 Å². The third kappa shape index (κ3) is 4.68. The van der Waals surface area contributed by atoms with Crippen molar-refractivity contribution in [2.75, 3.05) is 44.4 Å². The second kappa shape index (κ2) is 10.8. The minimum atomic E-state index is -0.596. The minimum absolute atomic E-state index is 0.148. The average Bonchev–Trinajstić information content (AvgIpc) is 3.30. The van der Waals surface area contributed by atoms with E-state index in [2.05, 4.69) is 4.90 Å². The number of nitrogens with zero attached hydrogens (tertiary/aromatic N) is 3. The lowest BCUT2D eigenvalue weighted by Gasteiger charge is -2.28. The van der Waals surface area contributed by atoms with E-state index < -0.39 is 11.9 Å². The van der Waals surface area contributed by atoms with E-state index in [1.807, 2.05) is 66.7 Å². The Balaban J connectivity index is 1.93. The Morgan fingerprint density at radius 1 is 0.838 bits per heavy atom. The molecule has 0 aliphatic carbocycles. The number of fused-ring (bicyclic) bond motifs is 1. The Hall–Kier alpha value is -4.17. The number of rotatable bonds is 7. The van der Waals surface area contributed by atoms with Gasteiger partial charge in [0.25, 0.3) is 0 Å². The predicted molar refractivity (Wildman–Crippen MR) is 141 cm³/mol. The smallest absolute Gasteiger partial charge is 0.341 e. The van der Waals surface area contributed by atoms with Crippen LogP contribution in [0.4, 0.5) is 5.82 Å². The van der Waals surface area contributed by atoms with Crippen LogP contribution < -0.4 is 4.90 Å². The monoisotopic (exact) mass is 499 g/mol. The molecule has 2 aromatic heterocycles. The minimum Gasteiger partial charge on any atom is -0.462 e. The third-order valence-electron chi connectivity index (χ3n) is 6.30. The van der Waals surface area contributed by atoms with E-state index in [0.29, 0.717) is 37.5 Å². The van der Waals surface area contributed by atoms with E-state index in [-0.39, 0.29) is 24.3 Å². The Morgan fingerprint density at radius 2 is 1.41 bits per heavy atom. The Labute approximate surface area is 215 Å². The summed E-state index contributed by atoms with van der Waals surface area (Å²) in [6, 6.07) is 21.2. The molecule has 0 spiro atoms. The lowest BCUT2D eigenvalue weighted by Crippen LogP contribution is -2.37. The lowest BCUT2D eigenvalue weighted by atomic mass is 10.0. The van der Waals surface area contributed by atoms with Crippen LogP contribution in [0.15, 0.2) is 66.7 Å². The first-order chi connectivity index (χ1) is 18.1. The van der Waals surface area contributed by atoms with Crippen LogP contribution in [0.5, 0.6) is 0 Å². The van der Waals surface area contributed by atoms with Crippen LogP contribution in [0, 0.1) is 0 Å². The van der Waals surface area contributed by atoms with Gasteiger partial charge in [0.2, 0.25) is 0 Å². The van der Waals surface area contributed by atoms with Gasteiger partial charge in [-0.2, -0.15) is 0 Å². The average molecular weight is 500 g/mol. The Bertz CT molecular complexity index is 1410. The summed E-state index contributed by atoms with van der Waals surface area (Å²) < 4.78 is 18.2. The molecule has 0 radical (unpaired) electrons. The summed E-state index contributed by atoms with van der Waals surface area (Å²) in [6.45, 7) is 6.38. The molecule has 0 saturated carbocycles. The zero-order valence-corrected chi connectivity index (χ0v) is 21.0. The number of hydrogen-bond acceptors (Lipinski definition) is 7. The highest BCUT2D eigenvalue weighted by Gasteiger charge is 2.34. The van der Waals surface area contributed by atoms with E-state index in [1.165, 1.54) is 0 Å². The van der Waals surface area contributed by atoms with Crippen molar-refractivity contribution < 1.29 is 23.8 Å². The van der Waals surface area contributed by atoms with E-state index in [4.69, 9.17) is 19.3 Å². The van der Waals surface area contributed by atoms with Crippen molar-refractivity contribution in [3.05, 3.63) is 77.9 Å². The van der Waals surface area contributed by atoms with Crippen molar-refractivity contribution in [3.63, 3.8) is 0 Å². The molecular formula is C29H29N3O5. The second-order valence-electron chi connectivity index (χ2n) is 8.55. The summed E-state index contributed by atoms with van der Waals surface area (Å²) in [7, 11) is 0. The van der Waals surface area contributed by atoms with Gasteiger partial charge in [-0.15, -0.1) is 5.10 Å². The van der Waals surface area contributed by atoms with E-state index in [1.54, 1.807) is 18.4 Å². The van der Waals surface area contributed by atoms with Crippen molar-refractivity contribution in [2.24, 2.45) is 0 Å². The highest BCUT2D eigenvalue weighted by atomic mass is 16.5. The van der Waals surface area contributed by atoms with Gasteiger partial charge >= 0.3 is 11.9 Å². The van der Waals surface area contributed by atoms with Gasteiger partial charge in [-0.25, -0.2) is 14.1 Å². The number of anilines is 1. The second-order valence-corrected chi connectivity index (χ2v) is 8.55. The van der Waals surface area contributed by atoms with Crippen molar-refractivity contribution in [1.82, 2.24) is 9.61 Å². The molecule has 5 rings (SSSR count). The first-order valence-corrected chi connectivity index (χ1v) is 12.5. The molecule has 0 atom stereocenters. The van der Waals surface area contributed by atoms with Crippen molar-refractivity contribution >= 4 is 23.3 Å². The fraction of sp³-hybridized carbons (Fsp3) is 0.276. The summed E-state index contributed by atoms with van der Waals surface area (Å²) in [4.78, 5) is 29.1. The standard InChI is InChI=1S/C29H29N3O5/c1-3-36-28(33)24-25(29(34)37-4-2)27-22(20-11-7-5-8-12-20)19-23(31-15-17-35-18-16-31)30-32(27)26(24)21-13-9-6-10-14-21/h5-14,19H,3-4,15-18H2,1-2H3. The molecule has 0 N–H and O–H groups in total. The maximum atomic E-state index is 13.5. The lowest BCUT2D eigenvalue weighted by molar-refractivity contribution is 0.0482. The molecular weight excluding hydrogens is 470 g/mol. The summed E-state index contributed by atoms with van der Waals surface area (Å²) in [5.41, 5.74) is 3.69. The molecule has 0 amide bonds. The van der Waals surface area contributed by atoms with Crippen molar-refractivity contribution in [3.8, 4) is 22.4 Å². The molecule has 190 valence electrons. The largest absolute Gasteiger partial charge is 0.462 e. The van der Waals surface area contributed by atoms with E-state index in [0.717, 1.165) is 22.5 Å². The maximum absolute atomic E-state index is 13.5. The molecule has 1 aliphatic rings. The quantitative estimate of drug-likeness (QED) is 0.336. The van der Waals surface area contributed by atoms with Crippen LogP contribution in [-0.4, -0.2) is 61.1 Å². The van der Waals surface area contributed by atoms with Crippen LogP contribution in [0.25, 0.3) is 27.9 Å². The Morgan fingerprint density at radius 3 is 2.00 bits per heavy atom. The van der Waals surface area contributed by atoms with Gasteiger partial charge in [-0.1, -0.05) is 60.7 Å². The number of esters is 2. The number of benzene rings is 2. The van der Waals surface area contributed by atoms with Crippen molar-refractivity contribution in [2.45, 2.75) is 13.8 Å². The SMILES string of the molecule is CCOC(=O)c1c(C(=O)OCC)c2c(-c3ccccc3)cc(N3CCOCC3)nn2c1-c1ccccc1. The topological polar surface area (TPSA) is 82.4 Å². The molecule has 0 bridgehead atoms. The van der Waals surface area contributed by atoms with Gasteiger partial charge in [0.1, 0.15) is 16.9 Å². The number of aromatic nitrogens is 2. The van der Waals surface area contributed by atoms with Crippen LogP contribution in [0.1, 0.15) is 34.6 Å². The molecule has 4 aromatic rings. The zero-order valence-electron chi connectivity index (χ0n) is 21.0. The molecule has 1 saturated heterocycles. The van der Waals surface area contributed by atoms with E-state index in [9.17, 15) is 9.59 Å². The molecule has 8 nitrogen and oxygen atoms in total. The maximum Gasteiger partial charge on any atom is 0.341 e. The highest BCUT2D eigenvalue weighted by Crippen LogP contribution is 2.39. The number of ether oxygens (including phenoxy) is 3. The summed E-state index contributed by atoms with van der Waals surface area (Å²) in [5.74, 6) is -0.460. The predicted octanol–water partition coefficient (Wildman–Crippen LogP) is 4.86. The molecule has 8 heteroatoms. The highest BCUT2D eigenvalue weighted by molar-refractivity contribution is 6.15. The molecule has 1 fully saturated rings. The van der Waals surface area contributed by atoms with Gasteiger partial charge in [0.15, 0.2) is 0 Å². The summed E-state index contributed by atoms with van der Waals surface area (Å²) in [5, 5.41) is 5.00. The van der Waals surface area contributed by atoms with Crippen molar-refractivity contribution in [1.29, 1.82) is 0 Å². The van der Waals surface area contributed by atoms with Gasteiger partial charge in [0, 0.05) is 24.2 Å². The summed E-state index contributed by atoms with van der Waals surface area (Å²) >= 11 is 0. The molecule has 3 heterocycles. The van der Waals surface area contributed by atoms with Gasteiger partial charge < -0.3 is 19.1 Å². The molecule has 1 aliphatic heterocycles. The molecule has 0 unspecified atom stereocenters.